The van der Waals surface area contributed by atoms with Gasteiger partial charge in [0.2, 0.25) is 0 Å². The average Bonchev–Trinajstić information content (AvgIpc) is 2.63. The Morgan fingerprint density at radius 1 is 1.00 bits per heavy atom. The monoisotopic (exact) mass is 325 g/mol. The molecule has 4 heteroatoms. The molecule has 0 aliphatic rings. The van der Waals surface area contributed by atoms with Crippen molar-refractivity contribution in [2.75, 3.05) is 6.61 Å². The van der Waals surface area contributed by atoms with E-state index in [1.807, 2.05) is 36.4 Å². The smallest absolute Gasteiger partial charge is 0.328 e. The second-order valence-electron chi connectivity index (χ2n) is 5.71. The molecule has 0 radical (unpaired) electrons. The van der Waals surface area contributed by atoms with Crippen LogP contribution >= 0.6 is 0 Å². The van der Waals surface area contributed by atoms with Crippen molar-refractivity contribution in [3.63, 3.8) is 0 Å². The third kappa shape index (κ3) is 4.95. The molecule has 2 unspecified atom stereocenters. The van der Waals surface area contributed by atoms with Crippen molar-refractivity contribution in [2.45, 2.75) is 32.2 Å². The Kier molecular flexibility index (Phi) is 6.55. The molecule has 0 fully saturated rings. The van der Waals surface area contributed by atoms with Crippen molar-refractivity contribution in [1.29, 1.82) is 0 Å². The van der Waals surface area contributed by atoms with Crippen molar-refractivity contribution in [1.82, 2.24) is 5.32 Å². The first-order chi connectivity index (χ1) is 11.6. The fourth-order valence-electron chi connectivity index (χ4n) is 2.41. The van der Waals surface area contributed by atoms with Crippen LogP contribution in [0.4, 0.5) is 0 Å². The summed E-state index contributed by atoms with van der Waals surface area (Å²) in [5.41, 5.74) is 1.67. The first-order valence-corrected chi connectivity index (χ1v) is 8.19. The van der Waals surface area contributed by atoms with Crippen LogP contribution in [0.3, 0.4) is 0 Å². The lowest BCUT2D eigenvalue weighted by Gasteiger charge is -2.18. The minimum absolute atomic E-state index is 0.159. The number of ether oxygens (including phenoxy) is 1. The van der Waals surface area contributed by atoms with Gasteiger partial charge in [-0.2, -0.15) is 0 Å². The van der Waals surface area contributed by atoms with Gasteiger partial charge >= 0.3 is 5.97 Å². The molecule has 1 N–H and O–H groups in total. The lowest BCUT2D eigenvalue weighted by atomic mass is 9.98. The second kappa shape index (κ2) is 8.87. The van der Waals surface area contributed by atoms with Crippen molar-refractivity contribution in [3.8, 4) is 0 Å². The normalized spacial score (nSPS) is 12.9. The van der Waals surface area contributed by atoms with Crippen LogP contribution in [0.15, 0.2) is 60.7 Å². The fraction of sp³-hybridized carbons (Fsp3) is 0.300. The zero-order chi connectivity index (χ0) is 17.4. The van der Waals surface area contributed by atoms with E-state index in [2.05, 4.69) is 12.2 Å². The Balaban J connectivity index is 1.86. The van der Waals surface area contributed by atoms with Crippen molar-refractivity contribution >= 4 is 11.9 Å². The van der Waals surface area contributed by atoms with Gasteiger partial charge in [0.15, 0.2) is 0 Å². The molecule has 0 aromatic heterocycles. The van der Waals surface area contributed by atoms with Crippen molar-refractivity contribution in [2.24, 2.45) is 0 Å². The largest absolute Gasteiger partial charge is 0.464 e. The van der Waals surface area contributed by atoms with E-state index in [9.17, 15) is 9.59 Å². The minimum atomic E-state index is -0.689. The second-order valence-corrected chi connectivity index (χ2v) is 5.71. The lowest BCUT2D eigenvalue weighted by molar-refractivity contribution is -0.146. The predicted octanol–water partition coefficient (Wildman–Crippen LogP) is 3.54. The van der Waals surface area contributed by atoms with Crippen LogP contribution in [0.25, 0.3) is 0 Å². The van der Waals surface area contributed by atoms with Gasteiger partial charge in [-0.25, -0.2) is 4.79 Å². The molecule has 2 aromatic carbocycles. The summed E-state index contributed by atoms with van der Waals surface area (Å²) in [6.45, 7) is 4.00. The molecular formula is C20H23NO3. The molecule has 0 bridgehead atoms. The molecule has 1 amide bonds. The van der Waals surface area contributed by atoms with E-state index in [1.54, 1.807) is 31.2 Å². The summed E-state index contributed by atoms with van der Waals surface area (Å²) in [4.78, 5) is 24.2. The predicted molar refractivity (Wildman–Crippen MR) is 93.8 cm³/mol. The first-order valence-electron chi connectivity index (χ1n) is 8.19. The highest BCUT2D eigenvalue weighted by molar-refractivity contribution is 5.96. The molecule has 2 rings (SSSR count). The third-order valence-corrected chi connectivity index (χ3v) is 3.93. The van der Waals surface area contributed by atoms with E-state index in [1.165, 1.54) is 0 Å². The number of hydrogen-bond acceptors (Lipinski definition) is 3. The topological polar surface area (TPSA) is 55.4 Å². The number of nitrogens with one attached hydrogen (secondary N) is 1. The number of rotatable bonds is 7. The summed E-state index contributed by atoms with van der Waals surface area (Å²) in [6.07, 6.45) is 0.877. The van der Waals surface area contributed by atoms with Gasteiger partial charge < -0.3 is 10.1 Å². The molecule has 0 aliphatic carbocycles. The summed E-state index contributed by atoms with van der Waals surface area (Å²) in [5, 5.41) is 2.66. The number of benzene rings is 2. The Labute approximate surface area is 142 Å². The molecule has 0 saturated heterocycles. The molecule has 2 atom stereocenters. The number of carbonyl (C=O) groups is 2. The minimum Gasteiger partial charge on any atom is -0.464 e. The van der Waals surface area contributed by atoms with E-state index in [0.717, 1.165) is 12.0 Å². The first kappa shape index (κ1) is 17.7. The van der Waals surface area contributed by atoms with Gasteiger partial charge in [0.1, 0.15) is 6.04 Å². The van der Waals surface area contributed by atoms with Crippen LogP contribution in [0.5, 0.6) is 0 Å². The fourth-order valence-corrected chi connectivity index (χ4v) is 2.41. The summed E-state index contributed by atoms with van der Waals surface area (Å²) < 4.78 is 5.39. The summed E-state index contributed by atoms with van der Waals surface area (Å²) in [6, 6.07) is 18.1. The SMILES string of the molecule is CCC(COC(=O)C(C)NC(=O)c1ccccc1)c1ccccc1. The van der Waals surface area contributed by atoms with E-state index >= 15 is 0 Å². The van der Waals surface area contributed by atoms with Crippen LogP contribution in [0.1, 0.15) is 42.1 Å². The molecule has 4 nitrogen and oxygen atoms in total. The van der Waals surface area contributed by atoms with Gasteiger partial charge in [0.05, 0.1) is 6.61 Å². The highest BCUT2D eigenvalue weighted by atomic mass is 16.5. The summed E-state index contributed by atoms with van der Waals surface area (Å²) in [5.74, 6) is -0.545. The lowest BCUT2D eigenvalue weighted by Crippen LogP contribution is -2.40. The van der Waals surface area contributed by atoms with E-state index in [0.29, 0.717) is 12.2 Å². The molecule has 24 heavy (non-hydrogen) atoms. The number of hydrogen-bond donors (Lipinski definition) is 1. The van der Waals surface area contributed by atoms with Crippen molar-refractivity contribution < 1.29 is 14.3 Å². The number of amides is 1. The standard InChI is InChI=1S/C20H23NO3/c1-3-16(17-10-6-4-7-11-17)14-24-20(23)15(2)21-19(22)18-12-8-5-9-13-18/h4-13,15-16H,3,14H2,1-2H3,(H,21,22). The molecule has 0 heterocycles. The Bertz CT molecular complexity index is 655. The third-order valence-electron chi connectivity index (χ3n) is 3.93. The van der Waals surface area contributed by atoms with Gasteiger partial charge in [-0.05, 0) is 31.0 Å². The summed E-state index contributed by atoms with van der Waals surface area (Å²) >= 11 is 0. The van der Waals surface area contributed by atoms with Gasteiger partial charge in [-0.15, -0.1) is 0 Å². The molecule has 0 aliphatic heterocycles. The van der Waals surface area contributed by atoms with E-state index in [4.69, 9.17) is 4.74 Å². The molecule has 0 saturated carbocycles. The highest BCUT2D eigenvalue weighted by Crippen LogP contribution is 2.19. The van der Waals surface area contributed by atoms with Gasteiger partial charge in [0.25, 0.3) is 5.91 Å². The van der Waals surface area contributed by atoms with Crippen LogP contribution < -0.4 is 5.32 Å². The van der Waals surface area contributed by atoms with Crippen molar-refractivity contribution in [3.05, 3.63) is 71.8 Å². The Morgan fingerprint density at radius 3 is 2.17 bits per heavy atom. The van der Waals surface area contributed by atoms with Gasteiger partial charge in [-0.1, -0.05) is 55.5 Å². The maximum absolute atomic E-state index is 12.1. The number of carbonyl (C=O) groups excluding carboxylic acids is 2. The maximum Gasteiger partial charge on any atom is 0.328 e. The zero-order valence-corrected chi connectivity index (χ0v) is 14.1. The Hall–Kier alpha value is -2.62. The molecule has 2 aromatic rings. The average molecular weight is 325 g/mol. The highest BCUT2D eigenvalue weighted by Gasteiger charge is 2.19. The van der Waals surface area contributed by atoms with Crippen LogP contribution in [-0.4, -0.2) is 24.5 Å². The Morgan fingerprint density at radius 2 is 1.58 bits per heavy atom. The van der Waals surface area contributed by atoms with Gasteiger partial charge in [-0.3, -0.25) is 4.79 Å². The quantitative estimate of drug-likeness (QED) is 0.792. The molecule has 126 valence electrons. The van der Waals surface area contributed by atoms with Crippen LogP contribution in [-0.2, 0) is 9.53 Å². The number of esters is 1. The van der Waals surface area contributed by atoms with Crippen LogP contribution in [0, 0.1) is 0 Å². The zero-order valence-electron chi connectivity index (χ0n) is 14.1. The van der Waals surface area contributed by atoms with Gasteiger partial charge in [0, 0.05) is 11.5 Å². The van der Waals surface area contributed by atoms with E-state index < -0.39 is 12.0 Å². The van der Waals surface area contributed by atoms with Crippen LogP contribution in [0.2, 0.25) is 0 Å². The molecule has 0 spiro atoms. The summed E-state index contributed by atoms with van der Waals surface area (Å²) in [7, 11) is 0. The van der Waals surface area contributed by atoms with E-state index in [-0.39, 0.29) is 11.8 Å². The molecular weight excluding hydrogens is 302 g/mol. The maximum atomic E-state index is 12.1.